The van der Waals surface area contributed by atoms with Gasteiger partial charge in [0.2, 0.25) is 0 Å². The molecule has 1 aliphatic rings. The van der Waals surface area contributed by atoms with E-state index in [4.69, 9.17) is 0 Å². The Balaban J connectivity index is 2.04. The van der Waals surface area contributed by atoms with E-state index in [0.29, 0.717) is 4.91 Å². The minimum absolute atomic E-state index is 0.286. The van der Waals surface area contributed by atoms with Gasteiger partial charge in [0.05, 0.1) is 4.91 Å². The summed E-state index contributed by atoms with van der Waals surface area (Å²) in [6.07, 6.45) is 1.70. The Morgan fingerprint density at radius 2 is 1.86 bits per heavy atom. The van der Waals surface area contributed by atoms with E-state index >= 15 is 0 Å². The van der Waals surface area contributed by atoms with E-state index in [1.54, 1.807) is 18.2 Å². The molecule has 0 unspecified atom stereocenters. The SMILES string of the molecule is Cc1cc(/C=C2/SC(=O)NC2=O)c(C)n1-c1ccc(F)cc1. The number of rotatable bonds is 2. The van der Waals surface area contributed by atoms with Gasteiger partial charge in [0, 0.05) is 17.1 Å². The van der Waals surface area contributed by atoms with Gasteiger partial charge in [0.1, 0.15) is 5.82 Å². The Labute approximate surface area is 131 Å². The molecule has 112 valence electrons. The fraction of sp³-hybridized carbons (Fsp3) is 0.125. The molecule has 0 aliphatic carbocycles. The number of halogens is 1. The molecule has 1 aromatic heterocycles. The van der Waals surface area contributed by atoms with Crippen LogP contribution in [0.4, 0.5) is 9.18 Å². The number of imide groups is 1. The van der Waals surface area contributed by atoms with E-state index < -0.39 is 0 Å². The summed E-state index contributed by atoms with van der Waals surface area (Å²) in [6.45, 7) is 3.85. The monoisotopic (exact) mass is 316 g/mol. The van der Waals surface area contributed by atoms with Gasteiger partial charge in [-0.05, 0) is 67.6 Å². The van der Waals surface area contributed by atoms with Crippen LogP contribution in [-0.2, 0) is 4.79 Å². The summed E-state index contributed by atoms with van der Waals surface area (Å²) >= 11 is 0.893. The zero-order valence-electron chi connectivity index (χ0n) is 12.0. The molecule has 0 radical (unpaired) electrons. The van der Waals surface area contributed by atoms with Crippen LogP contribution in [0, 0.1) is 19.7 Å². The first-order valence-electron chi connectivity index (χ1n) is 6.65. The maximum atomic E-state index is 13.1. The molecule has 1 saturated heterocycles. The van der Waals surface area contributed by atoms with Crippen molar-refractivity contribution >= 4 is 29.0 Å². The maximum absolute atomic E-state index is 13.1. The average Bonchev–Trinajstić information content (AvgIpc) is 2.92. The summed E-state index contributed by atoms with van der Waals surface area (Å²) < 4.78 is 15.0. The first-order valence-corrected chi connectivity index (χ1v) is 7.47. The van der Waals surface area contributed by atoms with Gasteiger partial charge in [0.15, 0.2) is 0 Å². The number of benzene rings is 1. The lowest BCUT2D eigenvalue weighted by Crippen LogP contribution is -2.17. The number of amides is 2. The van der Waals surface area contributed by atoms with E-state index in [0.717, 1.165) is 34.4 Å². The van der Waals surface area contributed by atoms with Gasteiger partial charge in [-0.1, -0.05) is 0 Å². The van der Waals surface area contributed by atoms with Crippen molar-refractivity contribution in [3.8, 4) is 5.69 Å². The smallest absolute Gasteiger partial charge is 0.290 e. The third kappa shape index (κ3) is 2.57. The summed E-state index contributed by atoms with van der Waals surface area (Å²) in [4.78, 5) is 23.2. The van der Waals surface area contributed by atoms with Crippen molar-refractivity contribution in [3.63, 3.8) is 0 Å². The Hall–Kier alpha value is -2.34. The molecule has 1 N–H and O–H groups in total. The highest BCUT2D eigenvalue weighted by molar-refractivity contribution is 8.18. The molecule has 3 rings (SSSR count). The number of carbonyl (C=O) groups is 2. The van der Waals surface area contributed by atoms with Crippen LogP contribution < -0.4 is 5.32 Å². The van der Waals surface area contributed by atoms with E-state index in [1.165, 1.54) is 12.1 Å². The Kier molecular flexibility index (Phi) is 3.62. The number of nitrogens with zero attached hydrogens (tertiary/aromatic N) is 1. The van der Waals surface area contributed by atoms with Crippen LogP contribution in [-0.4, -0.2) is 15.7 Å². The molecule has 6 heteroatoms. The van der Waals surface area contributed by atoms with Crippen LogP contribution in [0.15, 0.2) is 35.2 Å². The Bertz CT molecular complexity index is 806. The number of nitrogens with one attached hydrogen (secondary N) is 1. The molecule has 1 aromatic carbocycles. The molecular weight excluding hydrogens is 303 g/mol. The molecule has 0 atom stereocenters. The molecule has 1 aliphatic heterocycles. The van der Waals surface area contributed by atoms with Crippen LogP contribution in [0.3, 0.4) is 0 Å². The molecule has 2 aromatic rings. The second kappa shape index (κ2) is 5.46. The standard InChI is InChI=1S/C16H13FN2O2S/c1-9-7-11(8-14-15(20)18-16(21)22-14)10(2)19(9)13-5-3-12(17)4-6-13/h3-8H,1-2H3,(H,18,20,21)/b14-8+. The normalized spacial score (nSPS) is 16.4. The van der Waals surface area contributed by atoms with Gasteiger partial charge >= 0.3 is 0 Å². The van der Waals surface area contributed by atoms with E-state index in [9.17, 15) is 14.0 Å². The van der Waals surface area contributed by atoms with Crippen molar-refractivity contribution < 1.29 is 14.0 Å². The Morgan fingerprint density at radius 3 is 2.45 bits per heavy atom. The van der Waals surface area contributed by atoms with Gasteiger partial charge in [0.25, 0.3) is 11.1 Å². The summed E-state index contributed by atoms with van der Waals surface area (Å²) in [5.74, 6) is -0.660. The fourth-order valence-corrected chi connectivity index (χ4v) is 3.16. The van der Waals surface area contributed by atoms with Crippen molar-refractivity contribution in [2.24, 2.45) is 0 Å². The Morgan fingerprint density at radius 1 is 1.18 bits per heavy atom. The highest BCUT2D eigenvalue weighted by Crippen LogP contribution is 2.29. The van der Waals surface area contributed by atoms with Gasteiger partial charge < -0.3 is 4.57 Å². The predicted octanol–water partition coefficient (Wildman–Crippen LogP) is 3.56. The van der Waals surface area contributed by atoms with Crippen molar-refractivity contribution in [2.75, 3.05) is 0 Å². The van der Waals surface area contributed by atoms with Gasteiger partial charge in [-0.2, -0.15) is 0 Å². The summed E-state index contributed by atoms with van der Waals surface area (Å²) in [5, 5.41) is 1.88. The third-order valence-corrected chi connectivity index (χ3v) is 4.29. The van der Waals surface area contributed by atoms with Gasteiger partial charge in [-0.3, -0.25) is 14.9 Å². The first kappa shape index (κ1) is 14.6. The summed E-state index contributed by atoms with van der Waals surface area (Å²) in [6, 6.07) is 8.15. The molecule has 4 nitrogen and oxygen atoms in total. The number of thioether (sulfide) groups is 1. The number of aromatic nitrogens is 1. The van der Waals surface area contributed by atoms with Gasteiger partial charge in [-0.15, -0.1) is 0 Å². The molecule has 2 heterocycles. The first-order chi connectivity index (χ1) is 10.5. The van der Waals surface area contributed by atoms with Crippen LogP contribution in [0.1, 0.15) is 17.0 Å². The zero-order chi connectivity index (χ0) is 15.9. The van der Waals surface area contributed by atoms with Crippen molar-refractivity contribution in [2.45, 2.75) is 13.8 Å². The quantitative estimate of drug-likeness (QED) is 0.862. The topological polar surface area (TPSA) is 51.1 Å². The van der Waals surface area contributed by atoms with Crippen LogP contribution in [0.5, 0.6) is 0 Å². The van der Waals surface area contributed by atoms with Gasteiger partial charge in [-0.25, -0.2) is 4.39 Å². The lowest BCUT2D eigenvalue weighted by Gasteiger charge is -2.09. The number of carbonyl (C=O) groups excluding carboxylic acids is 2. The van der Waals surface area contributed by atoms with Crippen molar-refractivity contribution in [1.29, 1.82) is 0 Å². The minimum Gasteiger partial charge on any atom is -0.318 e. The van der Waals surface area contributed by atoms with Crippen molar-refractivity contribution in [3.05, 3.63) is 58.0 Å². The summed E-state index contributed by atoms with van der Waals surface area (Å²) in [5.41, 5.74) is 3.59. The van der Waals surface area contributed by atoms with E-state index in [-0.39, 0.29) is 17.0 Å². The minimum atomic E-state index is -0.374. The van der Waals surface area contributed by atoms with Crippen LogP contribution >= 0.6 is 11.8 Å². The second-order valence-corrected chi connectivity index (χ2v) is 6.01. The molecule has 0 spiro atoms. The molecule has 0 bridgehead atoms. The lowest BCUT2D eigenvalue weighted by molar-refractivity contribution is -0.115. The zero-order valence-corrected chi connectivity index (χ0v) is 12.8. The summed E-state index contributed by atoms with van der Waals surface area (Å²) in [7, 11) is 0. The predicted molar refractivity (Wildman–Crippen MR) is 84.3 cm³/mol. The maximum Gasteiger partial charge on any atom is 0.290 e. The van der Waals surface area contributed by atoms with E-state index in [2.05, 4.69) is 5.32 Å². The van der Waals surface area contributed by atoms with Crippen LogP contribution in [0.2, 0.25) is 0 Å². The number of aryl methyl sites for hydroxylation is 1. The fourth-order valence-electron chi connectivity index (χ4n) is 2.48. The molecule has 1 fully saturated rings. The average molecular weight is 316 g/mol. The molecule has 22 heavy (non-hydrogen) atoms. The lowest BCUT2D eigenvalue weighted by atomic mass is 10.2. The number of hydrogen-bond donors (Lipinski definition) is 1. The number of hydrogen-bond acceptors (Lipinski definition) is 3. The molecular formula is C16H13FN2O2S. The molecule has 0 saturated carbocycles. The molecule has 2 amide bonds. The largest absolute Gasteiger partial charge is 0.318 e. The van der Waals surface area contributed by atoms with Crippen LogP contribution in [0.25, 0.3) is 11.8 Å². The highest BCUT2D eigenvalue weighted by Gasteiger charge is 2.25. The highest BCUT2D eigenvalue weighted by atomic mass is 32.2. The second-order valence-electron chi connectivity index (χ2n) is 4.99. The third-order valence-electron chi connectivity index (χ3n) is 3.48. The van der Waals surface area contributed by atoms with E-state index in [1.807, 2.05) is 24.5 Å². The van der Waals surface area contributed by atoms with Crippen molar-refractivity contribution in [1.82, 2.24) is 9.88 Å².